The lowest BCUT2D eigenvalue weighted by atomic mass is 10.0. The first kappa shape index (κ1) is 14.2. The molecule has 104 valence electrons. The van der Waals surface area contributed by atoms with Gasteiger partial charge in [0.2, 0.25) is 0 Å². The van der Waals surface area contributed by atoms with Crippen molar-refractivity contribution < 1.29 is 19.7 Å². The molecule has 0 heterocycles. The molecule has 0 saturated heterocycles. The van der Waals surface area contributed by atoms with Crippen LogP contribution in [-0.2, 0) is 4.79 Å². The summed E-state index contributed by atoms with van der Waals surface area (Å²) in [5.74, 6) is -1.59. The summed E-state index contributed by atoms with van der Waals surface area (Å²) >= 11 is 5.78. The van der Waals surface area contributed by atoms with E-state index in [1.165, 1.54) is 6.07 Å². The van der Waals surface area contributed by atoms with Crippen molar-refractivity contribution in [2.24, 2.45) is 0 Å². The Kier molecular flexibility index (Phi) is 4.48. The summed E-state index contributed by atoms with van der Waals surface area (Å²) in [6.45, 7) is -0.0749. The van der Waals surface area contributed by atoms with Crippen LogP contribution in [0.25, 0.3) is 0 Å². The normalized spacial score (nSPS) is 11.8. The lowest BCUT2D eigenvalue weighted by Gasteiger charge is -2.14. The van der Waals surface area contributed by atoms with E-state index in [-0.39, 0.29) is 18.1 Å². The Morgan fingerprint density at radius 2 is 1.80 bits per heavy atom. The number of ether oxygens (including phenoxy) is 1. The molecule has 2 aromatic rings. The van der Waals surface area contributed by atoms with Crippen LogP contribution >= 0.6 is 11.6 Å². The zero-order valence-corrected chi connectivity index (χ0v) is 11.2. The summed E-state index contributed by atoms with van der Waals surface area (Å²) in [7, 11) is 0. The number of carbonyl (C=O) groups is 1. The van der Waals surface area contributed by atoms with Gasteiger partial charge in [-0.3, -0.25) is 4.79 Å². The van der Waals surface area contributed by atoms with Crippen molar-refractivity contribution in [3.8, 4) is 11.5 Å². The molecule has 1 unspecified atom stereocenters. The van der Waals surface area contributed by atoms with Gasteiger partial charge in [-0.05, 0) is 29.8 Å². The van der Waals surface area contributed by atoms with Crippen LogP contribution in [0, 0.1) is 0 Å². The van der Waals surface area contributed by atoms with Gasteiger partial charge in [0, 0.05) is 5.02 Å². The van der Waals surface area contributed by atoms with Crippen LogP contribution < -0.4 is 4.74 Å². The van der Waals surface area contributed by atoms with E-state index in [9.17, 15) is 15.0 Å². The van der Waals surface area contributed by atoms with Crippen LogP contribution in [0.4, 0.5) is 0 Å². The topological polar surface area (TPSA) is 66.8 Å². The molecule has 0 aromatic heterocycles. The quantitative estimate of drug-likeness (QED) is 0.887. The van der Waals surface area contributed by atoms with Gasteiger partial charge in [0.25, 0.3) is 0 Å². The van der Waals surface area contributed by atoms with Crippen LogP contribution in [0.3, 0.4) is 0 Å². The Bertz CT molecular complexity index is 595. The van der Waals surface area contributed by atoms with E-state index < -0.39 is 11.9 Å². The number of carboxylic acids is 1. The number of hydrogen-bond acceptors (Lipinski definition) is 3. The molecule has 0 saturated carbocycles. The van der Waals surface area contributed by atoms with Crippen molar-refractivity contribution >= 4 is 17.6 Å². The maximum Gasteiger partial charge on any atom is 0.314 e. The molecule has 2 N–H and O–H groups in total. The van der Waals surface area contributed by atoms with Gasteiger partial charge < -0.3 is 14.9 Å². The molecule has 0 amide bonds. The van der Waals surface area contributed by atoms with E-state index >= 15 is 0 Å². The Morgan fingerprint density at radius 1 is 1.15 bits per heavy atom. The van der Waals surface area contributed by atoms with E-state index in [4.69, 9.17) is 16.3 Å². The second-order valence-corrected chi connectivity index (χ2v) is 4.66. The van der Waals surface area contributed by atoms with Gasteiger partial charge in [-0.1, -0.05) is 35.9 Å². The van der Waals surface area contributed by atoms with Gasteiger partial charge in [0.15, 0.2) is 11.5 Å². The van der Waals surface area contributed by atoms with Gasteiger partial charge in [0.1, 0.15) is 12.5 Å². The second-order valence-electron chi connectivity index (χ2n) is 4.22. The monoisotopic (exact) mass is 292 g/mol. The number of aliphatic carboxylic acids is 1. The predicted octanol–water partition coefficient (Wildman–Crippen LogP) is 3.29. The second kappa shape index (κ2) is 6.30. The first-order chi connectivity index (χ1) is 9.58. The Hall–Kier alpha value is -2.20. The highest BCUT2D eigenvalue weighted by Gasteiger charge is 2.21. The summed E-state index contributed by atoms with van der Waals surface area (Å²) < 4.78 is 5.38. The summed E-state index contributed by atoms with van der Waals surface area (Å²) in [4.78, 5) is 11.3. The van der Waals surface area contributed by atoms with Crippen molar-refractivity contribution in [2.45, 2.75) is 5.92 Å². The molecule has 0 aliphatic carbocycles. The van der Waals surface area contributed by atoms with Crippen molar-refractivity contribution in [1.29, 1.82) is 0 Å². The van der Waals surface area contributed by atoms with Gasteiger partial charge in [-0.25, -0.2) is 0 Å². The van der Waals surface area contributed by atoms with Crippen molar-refractivity contribution in [1.82, 2.24) is 0 Å². The fraction of sp³-hybridized carbons (Fsp3) is 0.133. The van der Waals surface area contributed by atoms with Crippen LogP contribution in [0.15, 0.2) is 48.5 Å². The first-order valence-electron chi connectivity index (χ1n) is 5.97. The zero-order valence-electron chi connectivity index (χ0n) is 10.5. The molecule has 20 heavy (non-hydrogen) atoms. The maximum absolute atomic E-state index is 11.3. The molecular weight excluding hydrogens is 280 g/mol. The van der Waals surface area contributed by atoms with E-state index in [0.29, 0.717) is 10.6 Å². The molecule has 2 aromatic carbocycles. The van der Waals surface area contributed by atoms with Gasteiger partial charge >= 0.3 is 5.97 Å². The minimum Gasteiger partial charge on any atom is -0.504 e. The first-order valence-corrected chi connectivity index (χ1v) is 6.35. The number of phenols is 1. The molecule has 2 rings (SSSR count). The molecule has 0 radical (unpaired) electrons. The molecule has 0 spiro atoms. The SMILES string of the molecule is O=C(O)C(COc1ccccc1O)c1ccc(Cl)cc1. The highest BCUT2D eigenvalue weighted by atomic mass is 35.5. The molecule has 4 nitrogen and oxygen atoms in total. The fourth-order valence-electron chi connectivity index (χ4n) is 1.76. The molecule has 0 bridgehead atoms. The number of para-hydroxylation sites is 2. The van der Waals surface area contributed by atoms with Crippen molar-refractivity contribution in [3.63, 3.8) is 0 Å². The Labute approximate surface area is 121 Å². The van der Waals surface area contributed by atoms with Crippen LogP contribution in [0.1, 0.15) is 11.5 Å². The van der Waals surface area contributed by atoms with Crippen LogP contribution in [0.2, 0.25) is 5.02 Å². The highest BCUT2D eigenvalue weighted by Crippen LogP contribution is 2.27. The smallest absolute Gasteiger partial charge is 0.314 e. The van der Waals surface area contributed by atoms with Crippen molar-refractivity contribution in [3.05, 3.63) is 59.1 Å². The lowest BCUT2D eigenvalue weighted by molar-refractivity contribution is -0.139. The third kappa shape index (κ3) is 3.42. The number of hydrogen-bond donors (Lipinski definition) is 2. The summed E-state index contributed by atoms with van der Waals surface area (Å²) in [5.41, 5.74) is 0.595. The summed E-state index contributed by atoms with van der Waals surface area (Å²) in [6.07, 6.45) is 0. The average molecular weight is 293 g/mol. The van der Waals surface area contributed by atoms with Gasteiger partial charge in [-0.15, -0.1) is 0 Å². The van der Waals surface area contributed by atoms with Crippen LogP contribution in [0.5, 0.6) is 11.5 Å². The number of phenolic OH excluding ortho intramolecular Hbond substituents is 1. The largest absolute Gasteiger partial charge is 0.504 e. The predicted molar refractivity (Wildman–Crippen MR) is 75.4 cm³/mol. The molecule has 0 fully saturated rings. The number of carboxylic acid groups (broad SMARTS) is 1. The average Bonchev–Trinajstić information content (AvgIpc) is 2.42. The van der Waals surface area contributed by atoms with E-state index in [0.717, 1.165) is 0 Å². The Balaban J connectivity index is 2.13. The van der Waals surface area contributed by atoms with E-state index in [1.54, 1.807) is 42.5 Å². The molecular formula is C15H13ClO4. The number of aromatic hydroxyl groups is 1. The summed E-state index contributed by atoms with van der Waals surface area (Å²) in [6, 6.07) is 13.0. The maximum atomic E-state index is 11.3. The number of benzene rings is 2. The zero-order chi connectivity index (χ0) is 14.5. The molecule has 0 aliphatic rings. The van der Waals surface area contributed by atoms with Gasteiger partial charge in [0.05, 0.1) is 0 Å². The molecule has 0 aliphatic heterocycles. The lowest BCUT2D eigenvalue weighted by Crippen LogP contribution is -2.19. The number of rotatable bonds is 5. The summed E-state index contributed by atoms with van der Waals surface area (Å²) in [5, 5.41) is 19.4. The molecule has 1 atom stereocenters. The fourth-order valence-corrected chi connectivity index (χ4v) is 1.88. The number of halogens is 1. The third-order valence-electron chi connectivity index (χ3n) is 2.84. The Morgan fingerprint density at radius 3 is 2.40 bits per heavy atom. The third-order valence-corrected chi connectivity index (χ3v) is 3.09. The standard InChI is InChI=1S/C15H13ClO4/c16-11-7-5-10(6-8-11)12(15(18)19)9-20-14-4-2-1-3-13(14)17/h1-8,12,17H,9H2,(H,18,19). The van der Waals surface area contributed by atoms with E-state index in [2.05, 4.69) is 0 Å². The van der Waals surface area contributed by atoms with Crippen LogP contribution in [-0.4, -0.2) is 22.8 Å². The van der Waals surface area contributed by atoms with Gasteiger partial charge in [-0.2, -0.15) is 0 Å². The minimum atomic E-state index is -0.997. The highest BCUT2D eigenvalue weighted by molar-refractivity contribution is 6.30. The van der Waals surface area contributed by atoms with E-state index in [1.807, 2.05) is 0 Å². The minimum absolute atomic E-state index is 0.0206. The molecule has 5 heteroatoms. The van der Waals surface area contributed by atoms with Crippen molar-refractivity contribution in [2.75, 3.05) is 6.61 Å².